The topological polar surface area (TPSA) is 52.8 Å². The molecule has 4 nitrogen and oxygen atoms in total. The van der Waals surface area contributed by atoms with Crippen LogP contribution in [0.25, 0.3) is 0 Å². The maximum Gasteiger partial charge on any atom is 0.131 e. The van der Waals surface area contributed by atoms with Gasteiger partial charge in [0.2, 0.25) is 0 Å². The number of rotatable bonds is 2. The van der Waals surface area contributed by atoms with Gasteiger partial charge in [0.15, 0.2) is 0 Å². The van der Waals surface area contributed by atoms with Gasteiger partial charge in [-0.05, 0) is 6.92 Å². The molecule has 1 rings (SSSR count). The fourth-order valence-corrected chi connectivity index (χ4v) is 0.909. The lowest BCUT2D eigenvalue weighted by atomic mass is 10.1. The van der Waals surface area contributed by atoms with Gasteiger partial charge in [-0.1, -0.05) is 0 Å². The Morgan fingerprint density at radius 2 is 2.15 bits per heavy atom. The third-order valence-electron chi connectivity index (χ3n) is 1.77. The zero-order chi connectivity index (χ0) is 9.84. The molecule has 1 atom stereocenters. The minimum atomic E-state index is -0.179. The highest BCUT2D eigenvalue weighted by Gasteiger charge is 2.07. The molecule has 0 aliphatic carbocycles. The van der Waals surface area contributed by atoms with Gasteiger partial charge >= 0.3 is 0 Å². The highest BCUT2D eigenvalue weighted by molar-refractivity contribution is 5.38. The van der Waals surface area contributed by atoms with Gasteiger partial charge in [-0.3, -0.25) is 0 Å². The van der Waals surface area contributed by atoms with E-state index < -0.39 is 0 Å². The summed E-state index contributed by atoms with van der Waals surface area (Å²) in [6, 6.07) is 3.97. The number of anilines is 1. The van der Waals surface area contributed by atoms with Crippen LogP contribution in [-0.2, 0) is 0 Å². The molecular weight excluding hydrogens is 164 g/mol. The molecule has 0 saturated heterocycles. The van der Waals surface area contributed by atoms with Crippen LogP contribution in [0.15, 0.2) is 12.4 Å². The van der Waals surface area contributed by atoms with Crippen molar-refractivity contribution in [3.05, 3.63) is 18.1 Å². The fraction of sp³-hybridized carbons (Fsp3) is 0.444. The Balaban J connectivity index is 3.00. The zero-order valence-corrected chi connectivity index (χ0v) is 8.02. The lowest BCUT2D eigenvalue weighted by Crippen LogP contribution is -2.11. The maximum atomic E-state index is 8.69. The Bertz CT molecular complexity index is 327. The summed E-state index contributed by atoms with van der Waals surface area (Å²) in [6.07, 6.45) is 1.48. The highest BCUT2D eigenvalue weighted by Crippen LogP contribution is 2.14. The van der Waals surface area contributed by atoms with E-state index in [0.717, 1.165) is 11.5 Å². The number of aromatic nitrogens is 2. The molecule has 0 aromatic carbocycles. The first-order valence-electron chi connectivity index (χ1n) is 4.04. The smallest absolute Gasteiger partial charge is 0.131 e. The Kier molecular flexibility index (Phi) is 2.80. The Morgan fingerprint density at radius 3 is 2.69 bits per heavy atom. The molecule has 68 valence electrons. The molecule has 4 heteroatoms. The molecule has 0 aliphatic rings. The van der Waals surface area contributed by atoms with Crippen LogP contribution in [0.1, 0.15) is 18.5 Å². The molecule has 0 fully saturated rings. The van der Waals surface area contributed by atoms with Crippen molar-refractivity contribution >= 4 is 5.82 Å². The summed E-state index contributed by atoms with van der Waals surface area (Å²) in [5.74, 6) is 0.647. The summed E-state index contributed by atoms with van der Waals surface area (Å²) in [5, 5.41) is 8.69. The zero-order valence-electron chi connectivity index (χ0n) is 8.02. The third-order valence-corrected chi connectivity index (χ3v) is 1.77. The van der Waals surface area contributed by atoms with Gasteiger partial charge in [0, 0.05) is 20.2 Å². The van der Waals surface area contributed by atoms with E-state index in [0.29, 0.717) is 0 Å². The second kappa shape index (κ2) is 3.85. The standard InChI is InChI=1S/C9H12N4/c1-7(5-10)8-4-9(13(2)3)12-6-11-8/h4,6-7H,1-3H3. The van der Waals surface area contributed by atoms with Crippen LogP contribution >= 0.6 is 0 Å². The Labute approximate surface area is 77.8 Å². The Hall–Kier alpha value is -1.63. The minimum absolute atomic E-state index is 0.179. The summed E-state index contributed by atoms with van der Waals surface area (Å²) in [5.41, 5.74) is 0.765. The van der Waals surface area contributed by atoms with E-state index in [2.05, 4.69) is 16.0 Å². The number of nitrogens with zero attached hydrogens (tertiary/aromatic N) is 4. The summed E-state index contributed by atoms with van der Waals surface area (Å²) < 4.78 is 0. The molecule has 0 spiro atoms. The van der Waals surface area contributed by atoms with Crippen LogP contribution in [0.2, 0.25) is 0 Å². The summed E-state index contributed by atoms with van der Waals surface area (Å²) >= 11 is 0. The van der Waals surface area contributed by atoms with E-state index in [1.165, 1.54) is 6.33 Å². The molecule has 1 heterocycles. The van der Waals surface area contributed by atoms with Crippen molar-refractivity contribution in [2.45, 2.75) is 12.8 Å². The van der Waals surface area contributed by atoms with E-state index in [1.54, 1.807) is 0 Å². The predicted octanol–water partition coefficient (Wildman–Crippen LogP) is 1.17. The van der Waals surface area contributed by atoms with E-state index in [1.807, 2.05) is 32.0 Å². The monoisotopic (exact) mass is 176 g/mol. The fourth-order valence-electron chi connectivity index (χ4n) is 0.909. The maximum absolute atomic E-state index is 8.69. The van der Waals surface area contributed by atoms with Crippen LogP contribution in [0.3, 0.4) is 0 Å². The predicted molar refractivity (Wildman–Crippen MR) is 50.4 cm³/mol. The second-order valence-electron chi connectivity index (χ2n) is 3.05. The number of hydrogen-bond donors (Lipinski definition) is 0. The lowest BCUT2D eigenvalue weighted by molar-refractivity contribution is 0.893. The molecule has 0 saturated carbocycles. The quantitative estimate of drug-likeness (QED) is 0.678. The molecule has 0 amide bonds. The first-order chi connectivity index (χ1) is 6.15. The molecule has 1 unspecified atom stereocenters. The average molecular weight is 176 g/mol. The lowest BCUT2D eigenvalue weighted by Gasteiger charge is -2.11. The summed E-state index contributed by atoms with van der Waals surface area (Å²) in [4.78, 5) is 9.98. The van der Waals surface area contributed by atoms with E-state index >= 15 is 0 Å². The minimum Gasteiger partial charge on any atom is -0.363 e. The van der Waals surface area contributed by atoms with Gasteiger partial charge in [-0.2, -0.15) is 5.26 Å². The molecule has 0 radical (unpaired) electrons. The second-order valence-corrected chi connectivity index (χ2v) is 3.05. The van der Waals surface area contributed by atoms with Crippen LogP contribution < -0.4 is 4.90 Å². The van der Waals surface area contributed by atoms with Gasteiger partial charge in [-0.25, -0.2) is 9.97 Å². The average Bonchev–Trinajstić information content (AvgIpc) is 2.17. The van der Waals surface area contributed by atoms with E-state index in [-0.39, 0.29) is 5.92 Å². The first kappa shape index (κ1) is 9.46. The largest absolute Gasteiger partial charge is 0.363 e. The molecule has 0 N–H and O–H groups in total. The normalized spacial score (nSPS) is 11.8. The van der Waals surface area contributed by atoms with Gasteiger partial charge in [0.1, 0.15) is 12.1 Å². The van der Waals surface area contributed by atoms with Gasteiger partial charge in [-0.15, -0.1) is 0 Å². The van der Waals surface area contributed by atoms with Crippen molar-refractivity contribution in [1.82, 2.24) is 9.97 Å². The molecular formula is C9H12N4. The first-order valence-corrected chi connectivity index (χ1v) is 4.04. The number of hydrogen-bond acceptors (Lipinski definition) is 4. The van der Waals surface area contributed by atoms with Crippen LogP contribution in [0.5, 0.6) is 0 Å². The summed E-state index contributed by atoms with van der Waals surface area (Å²) in [6.45, 7) is 1.82. The molecule has 1 aromatic rings. The molecule has 1 aromatic heterocycles. The van der Waals surface area contributed by atoms with Gasteiger partial charge < -0.3 is 4.90 Å². The molecule has 13 heavy (non-hydrogen) atoms. The van der Waals surface area contributed by atoms with E-state index in [4.69, 9.17) is 5.26 Å². The third kappa shape index (κ3) is 2.15. The van der Waals surface area contributed by atoms with Crippen molar-refractivity contribution in [2.75, 3.05) is 19.0 Å². The molecule has 0 bridgehead atoms. The van der Waals surface area contributed by atoms with Crippen LogP contribution in [0.4, 0.5) is 5.82 Å². The Morgan fingerprint density at radius 1 is 1.46 bits per heavy atom. The number of nitriles is 1. The molecule has 0 aliphatic heterocycles. The SMILES string of the molecule is CC(C#N)c1cc(N(C)C)ncn1. The van der Waals surface area contributed by atoms with E-state index in [9.17, 15) is 0 Å². The van der Waals surface area contributed by atoms with Crippen molar-refractivity contribution in [1.29, 1.82) is 5.26 Å². The van der Waals surface area contributed by atoms with Crippen molar-refractivity contribution < 1.29 is 0 Å². The highest BCUT2D eigenvalue weighted by atomic mass is 15.1. The van der Waals surface area contributed by atoms with Gasteiger partial charge in [0.25, 0.3) is 0 Å². The van der Waals surface area contributed by atoms with Crippen molar-refractivity contribution in [3.63, 3.8) is 0 Å². The van der Waals surface area contributed by atoms with Crippen molar-refractivity contribution in [3.8, 4) is 6.07 Å². The van der Waals surface area contributed by atoms with Crippen LogP contribution in [-0.4, -0.2) is 24.1 Å². The summed E-state index contributed by atoms with van der Waals surface area (Å²) in [7, 11) is 3.81. The van der Waals surface area contributed by atoms with Crippen molar-refractivity contribution in [2.24, 2.45) is 0 Å². The van der Waals surface area contributed by atoms with Gasteiger partial charge in [0.05, 0.1) is 17.7 Å². The van der Waals surface area contributed by atoms with Crippen LogP contribution in [0, 0.1) is 11.3 Å².